The highest BCUT2D eigenvalue weighted by molar-refractivity contribution is 5.92. The average molecular weight is 173 g/mol. The molecule has 5 heteroatoms. The molecule has 5 nitrogen and oxygen atoms in total. The van der Waals surface area contributed by atoms with E-state index in [1.807, 2.05) is 0 Å². The Labute approximate surface area is 70.3 Å². The molecule has 0 aliphatic rings. The molecule has 1 amide bonds. The van der Waals surface area contributed by atoms with Crippen molar-refractivity contribution in [3.63, 3.8) is 0 Å². The number of carbonyl (C=O) groups excluding carboxylic acids is 2. The van der Waals surface area contributed by atoms with Crippen molar-refractivity contribution in [3.8, 4) is 0 Å². The van der Waals surface area contributed by atoms with Crippen LogP contribution in [0, 0.1) is 0 Å². The molecule has 0 unspecified atom stereocenters. The predicted molar refractivity (Wildman–Crippen MR) is 40.9 cm³/mol. The Kier molecular flexibility index (Phi) is 4.52. The van der Waals surface area contributed by atoms with Gasteiger partial charge in [0.15, 0.2) is 5.70 Å². The zero-order chi connectivity index (χ0) is 9.56. The molecule has 0 rings (SSSR count). The maximum Gasteiger partial charge on any atom is 0.357 e. The summed E-state index contributed by atoms with van der Waals surface area (Å²) in [6, 6.07) is 0. The van der Waals surface area contributed by atoms with Gasteiger partial charge in [-0.05, 0) is 0 Å². The molecule has 0 bridgehead atoms. The highest BCUT2D eigenvalue weighted by atomic mass is 16.5. The van der Waals surface area contributed by atoms with Crippen LogP contribution in [0.1, 0.15) is 6.92 Å². The summed E-state index contributed by atoms with van der Waals surface area (Å²) in [5.74, 6) is -1.00. The molecular formula is C7H11NO4. The van der Waals surface area contributed by atoms with Gasteiger partial charge >= 0.3 is 5.97 Å². The Hall–Kier alpha value is -1.52. The van der Waals surface area contributed by atoms with Gasteiger partial charge in [0.2, 0.25) is 5.91 Å². The summed E-state index contributed by atoms with van der Waals surface area (Å²) in [6.45, 7) is 1.28. The lowest BCUT2D eigenvalue weighted by molar-refractivity contribution is -0.137. The zero-order valence-electron chi connectivity index (χ0n) is 7.21. The van der Waals surface area contributed by atoms with E-state index < -0.39 is 5.97 Å². The van der Waals surface area contributed by atoms with Gasteiger partial charge in [-0.2, -0.15) is 0 Å². The molecule has 0 spiro atoms. The number of amides is 1. The summed E-state index contributed by atoms with van der Waals surface area (Å²) in [5.41, 5.74) is -0.0208. The number of carbonyl (C=O) groups is 2. The summed E-state index contributed by atoms with van der Waals surface area (Å²) in [6.07, 6.45) is 1.10. The molecule has 1 N–H and O–H groups in total. The second-order valence-electron chi connectivity index (χ2n) is 1.94. The van der Waals surface area contributed by atoms with Crippen LogP contribution in [0.3, 0.4) is 0 Å². The van der Waals surface area contributed by atoms with Gasteiger partial charge < -0.3 is 14.8 Å². The standard InChI is InChI=1S/C7H11NO4/c1-5(9)8-6(4-11-2)7(10)12-3/h4H,1-3H3,(H,8,9). The van der Waals surface area contributed by atoms with Crippen LogP contribution >= 0.6 is 0 Å². The van der Waals surface area contributed by atoms with Gasteiger partial charge in [-0.3, -0.25) is 4.79 Å². The minimum Gasteiger partial charge on any atom is -0.502 e. The van der Waals surface area contributed by atoms with Gasteiger partial charge in [-0.25, -0.2) is 4.79 Å². The van der Waals surface area contributed by atoms with Crippen molar-refractivity contribution in [2.75, 3.05) is 14.2 Å². The van der Waals surface area contributed by atoms with Crippen LogP contribution in [0.5, 0.6) is 0 Å². The summed E-state index contributed by atoms with van der Waals surface area (Å²) in [4.78, 5) is 21.4. The van der Waals surface area contributed by atoms with Crippen molar-refractivity contribution in [3.05, 3.63) is 12.0 Å². The van der Waals surface area contributed by atoms with Crippen LogP contribution in [0.2, 0.25) is 0 Å². The fraction of sp³-hybridized carbons (Fsp3) is 0.429. The first-order valence-corrected chi connectivity index (χ1v) is 3.20. The molecule has 0 aliphatic carbocycles. The highest BCUT2D eigenvalue weighted by Crippen LogP contribution is 1.92. The Morgan fingerprint density at radius 2 is 1.92 bits per heavy atom. The van der Waals surface area contributed by atoms with E-state index in [0.717, 1.165) is 6.26 Å². The highest BCUT2D eigenvalue weighted by Gasteiger charge is 2.10. The van der Waals surface area contributed by atoms with Crippen molar-refractivity contribution in [1.29, 1.82) is 0 Å². The van der Waals surface area contributed by atoms with E-state index in [0.29, 0.717) is 0 Å². The monoisotopic (exact) mass is 173 g/mol. The Morgan fingerprint density at radius 3 is 2.25 bits per heavy atom. The lowest BCUT2D eigenvalue weighted by Gasteiger charge is -2.04. The summed E-state index contributed by atoms with van der Waals surface area (Å²) < 4.78 is 8.91. The van der Waals surface area contributed by atoms with Crippen molar-refractivity contribution in [2.24, 2.45) is 0 Å². The molecule has 0 aromatic carbocycles. The predicted octanol–water partition coefficient (Wildman–Crippen LogP) is -0.217. The molecule has 0 heterocycles. The first kappa shape index (κ1) is 10.5. The lowest BCUT2D eigenvalue weighted by Crippen LogP contribution is -2.25. The smallest absolute Gasteiger partial charge is 0.357 e. The fourth-order valence-corrected chi connectivity index (χ4v) is 0.546. The van der Waals surface area contributed by atoms with E-state index in [1.165, 1.54) is 21.1 Å². The van der Waals surface area contributed by atoms with Gasteiger partial charge in [0.1, 0.15) is 6.26 Å². The van der Waals surface area contributed by atoms with E-state index in [4.69, 9.17) is 0 Å². The van der Waals surface area contributed by atoms with E-state index in [1.54, 1.807) is 0 Å². The Morgan fingerprint density at radius 1 is 1.33 bits per heavy atom. The minimum absolute atomic E-state index is 0.0208. The van der Waals surface area contributed by atoms with Crippen LogP contribution in [0.15, 0.2) is 12.0 Å². The maximum absolute atomic E-state index is 10.9. The number of hydrogen-bond acceptors (Lipinski definition) is 4. The van der Waals surface area contributed by atoms with Gasteiger partial charge in [0.05, 0.1) is 14.2 Å². The van der Waals surface area contributed by atoms with Gasteiger partial charge in [-0.1, -0.05) is 0 Å². The normalized spacial score (nSPS) is 10.4. The largest absolute Gasteiger partial charge is 0.502 e. The van der Waals surface area contributed by atoms with Crippen molar-refractivity contribution in [2.45, 2.75) is 6.92 Å². The van der Waals surface area contributed by atoms with E-state index in [9.17, 15) is 9.59 Å². The molecule has 0 radical (unpaired) electrons. The third kappa shape index (κ3) is 3.60. The number of esters is 1. The fourth-order valence-electron chi connectivity index (χ4n) is 0.546. The minimum atomic E-state index is -0.646. The second kappa shape index (κ2) is 5.17. The number of methoxy groups -OCH3 is 2. The van der Waals surface area contributed by atoms with Gasteiger partial charge in [0.25, 0.3) is 0 Å². The quantitative estimate of drug-likeness (QED) is 0.364. The van der Waals surface area contributed by atoms with Gasteiger partial charge in [0, 0.05) is 6.92 Å². The van der Waals surface area contributed by atoms with Crippen molar-refractivity contribution >= 4 is 11.9 Å². The molecule has 0 aliphatic heterocycles. The number of nitrogens with one attached hydrogen (secondary N) is 1. The van der Waals surface area contributed by atoms with Crippen molar-refractivity contribution in [1.82, 2.24) is 5.32 Å². The first-order valence-electron chi connectivity index (χ1n) is 3.20. The average Bonchev–Trinajstić information content (AvgIpc) is 2.01. The Balaban J connectivity index is 4.34. The zero-order valence-corrected chi connectivity index (χ0v) is 7.21. The molecular weight excluding hydrogens is 162 g/mol. The summed E-state index contributed by atoms with van der Waals surface area (Å²) >= 11 is 0. The number of rotatable bonds is 3. The van der Waals surface area contributed by atoms with E-state index in [-0.39, 0.29) is 11.6 Å². The molecule has 0 fully saturated rings. The second-order valence-corrected chi connectivity index (χ2v) is 1.94. The third-order valence-corrected chi connectivity index (χ3v) is 0.952. The maximum atomic E-state index is 10.9. The molecule has 12 heavy (non-hydrogen) atoms. The third-order valence-electron chi connectivity index (χ3n) is 0.952. The molecule has 0 aromatic rings. The van der Waals surface area contributed by atoms with E-state index >= 15 is 0 Å². The first-order chi connectivity index (χ1) is 5.61. The van der Waals surface area contributed by atoms with Crippen LogP contribution in [-0.2, 0) is 19.1 Å². The molecule has 0 saturated carbocycles. The molecule has 68 valence electrons. The van der Waals surface area contributed by atoms with Crippen LogP contribution in [0.4, 0.5) is 0 Å². The molecule has 0 atom stereocenters. The number of hydrogen-bond donors (Lipinski definition) is 1. The summed E-state index contributed by atoms with van der Waals surface area (Å²) in [5, 5.41) is 2.25. The topological polar surface area (TPSA) is 64.6 Å². The molecule has 0 saturated heterocycles. The van der Waals surface area contributed by atoms with Crippen LogP contribution < -0.4 is 5.32 Å². The number of ether oxygens (including phenoxy) is 2. The van der Waals surface area contributed by atoms with Gasteiger partial charge in [-0.15, -0.1) is 0 Å². The van der Waals surface area contributed by atoms with E-state index in [2.05, 4.69) is 14.8 Å². The van der Waals surface area contributed by atoms with Crippen LogP contribution in [0.25, 0.3) is 0 Å². The van der Waals surface area contributed by atoms with Crippen molar-refractivity contribution < 1.29 is 19.1 Å². The summed E-state index contributed by atoms with van der Waals surface area (Å²) in [7, 11) is 2.58. The SMILES string of the molecule is COC=C(NC(C)=O)C(=O)OC. The lowest BCUT2D eigenvalue weighted by atomic mass is 10.4. The van der Waals surface area contributed by atoms with Crippen LogP contribution in [-0.4, -0.2) is 26.1 Å². The Bertz CT molecular complexity index is 209. The molecule has 0 aromatic heterocycles.